The summed E-state index contributed by atoms with van der Waals surface area (Å²) in [6.07, 6.45) is 0. The monoisotopic (exact) mass is 280 g/mol. The standard InChI is InChI=1S/C11H11F3O3S/c1-8(10-6-4-3-5-7-10)9(2)17-18(15,16)11(12,13)14/h3-7H,1-2H3/b9-8+. The molecule has 0 aliphatic rings. The molecule has 0 amide bonds. The second-order valence-electron chi connectivity index (χ2n) is 3.53. The smallest absolute Gasteiger partial charge is 0.381 e. The molecule has 0 spiro atoms. The highest BCUT2D eigenvalue weighted by Gasteiger charge is 2.48. The van der Waals surface area contributed by atoms with Gasteiger partial charge in [-0.3, -0.25) is 0 Å². The molecule has 0 unspecified atom stereocenters. The number of allylic oxidation sites excluding steroid dienone is 2. The molecule has 1 aromatic rings. The van der Waals surface area contributed by atoms with Crippen LogP contribution in [0.5, 0.6) is 0 Å². The Balaban J connectivity index is 3.06. The van der Waals surface area contributed by atoms with Crippen LogP contribution in [0.4, 0.5) is 13.2 Å². The lowest BCUT2D eigenvalue weighted by Crippen LogP contribution is -2.25. The van der Waals surface area contributed by atoms with Crippen molar-refractivity contribution >= 4 is 15.7 Å². The maximum Gasteiger partial charge on any atom is 0.534 e. The van der Waals surface area contributed by atoms with Crippen LogP contribution in [0.15, 0.2) is 36.1 Å². The van der Waals surface area contributed by atoms with E-state index in [9.17, 15) is 21.6 Å². The van der Waals surface area contributed by atoms with Crippen LogP contribution in [0.25, 0.3) is 5.57 Å². The largest absolute Gasteiger partial charge is 0.534 e. The van der Waals surface area contributed by atoms with Gasteiger partial charge in [0.25, 0.3) is 0 Å². The number of hydrogen-bond donors (Lipinski definition) is 0. The van der Waals surface area contributed by atoms with Crippen molar-refractivity contribution in [3.05, 3.63) is 41.7 Å². The Morgan fingerprint density at radius 1 is 1.11 bits per heavy atom. The van der Waals surface area contributed by atoms with Gasteiger partial charge in [-0.25, -0.2) is 0 Å². The van der Waals surface area contributed by atoms with E-state index in [2.05, 4.69) is 4.18 Å². The van der Waals surface area contributed by atoms with Crippen molar-refractivity contribution in [3.63, 3.8) is 0 Å². The Morgan fingerprint density at radius 2 is 1.61 bits per heavy atom. The predicted molar refractivity (Wildman–Crippen MR) is 60.8 cm³/mol. The van der Waals surface area contributed by atoms with Gasteiger partial charge in [0.05, 0.1) is 0 Å². The Labute approximate surface area is 103 Å². The van der Waals surface area contributed by atoms with Gasteiger partial charge < -0.3 is 4.18 Å². The summed E-state index contributed by atoms with van der Waals surface area (Å²) in [5.74, 6) is -0.307. The fourth-order valence-electron chi connectivity index (χ4n) is 1.17. The molecule has 7 heteroatoms. The average Bonchev–Trinajstić information content (AvgIpc) is 2.27. The molecule has 0 heterocycles. The Kier molecular flexibility index (Phi) is 4.05. The van der Waals surface area contributed by atoms with Gasteiger partial charge in [0.1, 0.15) is 5.76 Å². The molecule has 0 aliphatic carbocycles. The van der Waals surface area contributed by atoms with Gasteiger partial charge in [-0.15, -0.1) is 0 Å². The molecule has 100 valence electrons. The van der Waals surface area contributed by atoms with Crippen LogP contribution < -0.4 is 0 Å². The highest BCUT2D eigenvalue weighted by atomic mass is 32.2. The summed E-state index contributed by atoms with van der Waals surface area (Å²) >= 11 is 0. The number of rotatable bonds is 3. The molecule has 0 N–H and O–H groups in total. The maximum atomic E-state index is 12.1. The van der Waals surface area contributed by atoms with Gasteiger partial charge in [-0.1, -0.05) is 30.3 Å². The van der Waals surface area contributed by atoms with E-state index in [4.69, 9.17) is 0 Å². The summed E-state index contributed by atoms with van der Waals surface area (Å²) in [5.41, 5.74) is -4.51. The third kappa shape index (κ3) is 3.25. The zero-order chi connectivity index (χ0) is 14.0. The molecule has 0 aliphatic heterocycles. The topological polar surface area (TPSA) is 43.4 Å². The molecular formula is C11H11F3O3S. The van der Waals surface area contributed by atoms with Crippen LogP contribution in [-0.2, 0) is 14.3 Å². The average molecular weight is 280 g/mol. The third-order valence-electron chi connectivity index (χ3n) is 2.25. The Hall–Kier alpha value is -1.50. The molecule has 0 atom stereocenters. The number of hydrogen-bond acceptors (Lipinski definition) is 3. The first-order chi connectivity index (χ1) is 8.15. The highest BCUT2D eigenvalue weighted by Crippen LogP contribution is 2.28. The molecule has 0 fully saturated rings. The van der Waals surface area contributed by atoms with E-state index in [0.717, 1.165) is 0 Å². The van der Waals surface area contributed by atoms with Crippen molar-refractivity contribution in [1.29, 1.82) is 0 Å². The van der Waals surface area contributed by atoms with Crippen LogP contribution in [0.3, 0.4) is 0 Å². The number of benzene rings is 1. The van der Waals surface area contributed by atoms with Crippen molar-refractivity contribution in [1.82, 2.24) is 0 Å². The molecule has 1 aromatic carbocycles. The lowest BCUT2D eigenvalue weighted by molar-refractivity contribution is -0.0521. The molecule has 18 heavy (non-hydrogen) atoms. The van der Waals surface area contributed by atoms with E-state index in [1.807, 2.05) is 0 Å². The SMILES string of the molecule is C/C(OS(=O)(=O)C(F)(F)F)=C(/C)c1ccccc1. The minimum absolute atomic E-state index is 0.307. The minimum atomic E-state index is -5.61. The zero-order valence-electron chi connectivity index (χ0n) is 9.65. The predicted octanol–water partition coefficient (Wildman–Crippen LogP) is 3.30. The van der Waals surface area contributed by atoms with Crippen molar-refractivity contribution in [2.45, 2.75) is 19.4 Å². The maximum absolute atomic E-state index is 12.1. The van der Waals surface area contributed by atoms with Crippen LogP contribution in [-0.4, -0.2) is 13.9 Å². The van der Waals surface area contributed by atoms with Crippen molar-refractivity contribution in [2.24, 2.45) is 0 Å². The third-order valence-corrected chi connectivity index (χ3v) is 3.29. The summed E-state index contributed by atoms with van der Waals surface area (Å²) in [7, 11) is -5.61. The first kappa shape index (κ1) is 14.6. The molecule has 1 rings (SSSR count). The lowest BCUT2D eigenvalue weighted by atomic mass is 10.1. The first-order valence-corrected chi connectivity index (χ1v) is 6.29. The lowest BCUT2D eigenvalue weighted by Gasteiger charge is -2.12. The molecule has 0 saturated carbocycles. The molecule has 0 aromatic heterocycles. The van der Waals surface area contributed by atoms with Crippen molar-refractivity contribution < 1.29 is 25.8 Å². The summed E-state index contributed by atoms with van der Waals surface area (Å²) in [4.78, 5) is 0. The molecule has 3 nitrogen and oxygen atoms in total. The van der Waals surface area contributed by atoms with Gasteiger partial charge in [0.15, 0.2) is 0 Å². The fraction of sp³-hybridized carbons (Fsp3) is 0.273. The Morgan fingerprint density at radius 3 is 2.06 bits per heavy atom. The van der Waals surface area contributed by atoms with Crippen LogP contribution in [0, 0.1) is 0 Å². The normalized spacial score (nSPS) is 14.1. The van der Waals surface area contributed by atoms with Gasteiger partial charge in [-0.05, 0) is 25.0 Å². The number of alkyl halides is 3. The van der Waals surface area contributed by atoms with Gasteiger partial charge >= 0.3 is 15.6 Å². The molecule has 0 bridgehead atoms. The quantitative estimate of drug-likeness (QED) is 0.484. The van der Waals surface area contributed by atoms with Gasteiger partial charge in [0.2, 0.25) is 0 Å². The first-order valence-electron chi connectivity index (χ1n) is 4.89. The van der Waals surface area contributed by atoms with E-state index in [0.29, 0.717) is 11.1 Å². The van der Waals surface area contributed by atoms with E-state index < -0.39 is 15.6 Å². The minimum Gasteiger partial charge on any atom is -0.381 e. The van der Waals surface area contributed by atoms with E-state index in [1.165, 1.54) is 13.8 Å². The van der Waals surface area contributed by atoms with E-state index >= 15 is 0 Å². The van der Waals surface area contributed by atoms with Crippen LogP contribution >= 0.6 is 0 Å². The zero-order valence-corrected chi connectivity index (χ0v) is 10.5. The highest BCUT2D eigenvalue weighted by molar-refractivity contribution is 7.87. The molecule has 0 saturated heterocycles. The second kappa shape index (κ2) is 5.01. The Bertz CT molecular complexity index is 545. The van der Waals surface area contributed by atoms with Crippen LogP contribution in [0.1, 0.15) is 19.4 Å². The van der Waals surface area contributed by atoms with Gasteiger partial charge in [-0.2, -0.15) is 21.6 Å². The molecular weight excluding hydrogens is 269 g/mol. The van der Waals surface area contributed by atoms with Crippen LogP contribution in [0.2, 0.25) is 0 Å². The summed E-state index contributed by atoms with van der Waals surface area (Å²) in [6.45, 7) is 2.65. The summed E-state index contributed by atoms with van der Waals surface area (Å²) in [5, 5.41) is 0. The van der Waals surface area contributed by atoms with Crippen molar-refractivity contribution in [3.8, 4) is 0 Å². The summed E-state index contributed by atoms with van der Waals surface area (Å²) < 4.78 is 62.1. The summed E-state index contributed by atoms with van der Waals surface area (Å²) in [6, 6.07) is 8.39. The molecule has 0 radical (unpaired) electrons. The second-order valence-corrected chi connectivity index (χ2v) is 5.07. The number of halogens is 3. The fourth-order valence-corrected chi connectivity index (χ4v) is 1.71. The van der Waals surface area contributed by atoms with Crippen molar-refractivity contribution in [2.75, 3.05) is 0 Å². The van der Waals surface area contributed by atoms with E-state index in [1.54, 1.807) is 30.3 Å². The van der Waals surface area contributed by atoms with Gasteiger partial charge in [0, 0.05) is 0 Å². The van der Waals surface area contributed by atoms with E-state index in [-0.39, 0.29) is 5.76 Å².